The van der Waals surface area contributed by atoms with Crippen molar-refractivity contribution in [2.24, 2.45) is 10.8 Å². The minimum atomic E-state index is 0.120. The molecule has 0 fully saturated rings. The molecular weight excluding hydrogens is 286 g/mol. The lowest BCUT2D eigenvalue weighted by Crippen LogP contribution is -2.24. The lowest BCUT2D eigenvalue weighted by atomic mass is 10.2. The number of nitrogens with one attached hydrogen (secondary N) is 1. The monoisotopic (exact) mass is 291 g/mol. The fourth-order valence-corrected chi connectivity index (χ4v) is 1.55. The number of hydrazone groups is 1. The van der Waals surface area contributed by atoms with Crippen LogP contribution >= 0.6 is 39.7 Å². The molecular formula is C8H7BrClN3S. The van der Waals surface area contributed by atoms with Crippen LogP contribution in [0.2, 0.25) is 5.02 Å². The summed E-state index contributed by atoms with van der Waals surface area (Å²) in [6.07, 6.45) is 1.55. The summed E-state index contributed by atoms with van der Waals surface area (Å²) >= 11 is 13.8. The molecule has 0 radical (unpaired) electrons. The van der Waals surface area contributed by atoms with Crippen molar-refractivity contribution in [1.82, 2.24) is 5.43 Å². The maximum Gasteiger partial charge on any atom is 0.184 e. The highest BCUT2D eigenvalue weighted by Crippen LogP contribution is 2.19. The Morgan fingerprint density at radius 1 is 1.64 bits per heavy atom. The van der Waals surface area contributed by atoms with Crippen LogP contribution in [-0.2, 0) is 0 Å². The van der Waals surface area contributed by atoms with Gasteiger partial charge in [-0.05, 0) is 24.4 Å². The third-order valence-electron chi connectivity index (χ3n) is 1.34. The van der Waals surface area contributed by atoms with Crippen molar-refractivity contribution in [3.8, 4) is 0 Å². The number of hydrogen-bond donors (Lipinski definition) is 2. The molecule has 6 heteroatoms. The van der Waals surface area contributed by atoms with Crippen molar-refractivity contribution in [3.05, 3.63) is 33.3 Å². The summed E-state index contributed by atoms with van der Waals surface area (Å²) in [6.45, 7) is 0. The van der Waals surface area contributed by atoms with Gasteiger partial charge in [0, 0.05) is 10.0 Å². The van der Waals surface area contributed by atoms with Gasteiger partial charge < -0.3 is 5.73 Å². The molecule has 3 N–H and O–H groups in total. The minimum absolute atomic E-state index is 0.120. The Hall–Kier alpha value is -0.650. The molecule has 0 heterocycles. The molecule has 0 amide bonds. The van der Waals surface area contributed by atoms with E-state index in [0.717, 1.165) is 10.0 Å². The lowest BCUT2D eigenvalue weighted by molar-refractivity contribution is 1.04. The van der Waals surface area contributed by atoms with Crippen LogP contribution in [0.1, 0.15) is 5.56 Å². The van der Waals surface area contributed by atoms with E-state index in [1.54, 1.807) is 12.3 Å². The molecule has 0 saturated heterocycles. The Bertz CT molecular complexity index is 381. The highest BCUT2D eigenvalue weighted by atomic mass is 79.9. The molecule has 3 nitrogen and oxygen atoms in total. The first-order valence-electron chi connectivity index (χ1n) is 3.63. The topological polar surface area (TPSA) is 50.4 Å². The molecule has 0 aliphatic carbocycles. The number of nitrogens with zero attached hydrogens (tertiary/aromatic N) is 1. The van der Waals surface area contributed by atoms with Gasteiger partial charge in [0.25, 0.3) is 0 Å². The summed E-state index contributed by atoms with van der Waals surface area (Å²) in [5.41, 5.74) is 8.42. The second-order valence-corrected chi connectivity index (χ2v) is 4.16. The van der Waals surface area contributed by atoms with Gasteiger partial charge in [-0.25, -0.2) is 0 Å². The van der Waals surface area contributed by atoms with Gasteiger partial charge in [0.2, 0.25) is 0 Å². The van der Waals surface area contributed by atoms with Gasteiger partial charge in [0.15, 0.2) is 5.11 Å². The first-order valence-corrected chi connectivity index (χ1v) is 5.21. The first kappa shape index (κ1) is 11.4. The Balaban J connectivity index is 2.76. The quantitative estimate of drug-likeness (QED) is 0.499. The molecule has 0 bridgehead atoms. The summed E-state index contributed by atoms with van der Waals surface area (Å²) < 4.78 is 0.918. The molecule has 0 unspecified atom stereocenters. The van der Waals surface area contributed by atoms with E-state index in [9.17, 15) is 0 Å². The fourth-order valence-electron chi connectivity index (χ4n) is 0.772. The molecule has 0 aromatic heterocycles. The van der Waals surface area contributed by atoms with Crippen molar-refractivity contribution < 1.29 is 0 Å². The van der Waals surface area contributed by atoms with Crippen LogP contribution in [0, 0.1) is 0 Å². The Labute approximate surface area is 100 Å². The fraction of sp³-hybridized carbons (Fsp3) is 0. The van der Waals surface area contributed by atoms with Crippen molar-refractivity contribution in [1.29, 1.82) is 0 Å². The van der Waals surface area contributed by atoms with Gasteiger partial charge in [-0.3, -0.25) is 5.43 Å². The predicted octanol–water partition coefficient (Wildman–Crippen LogP) is 2.27. The van der Waals surface area contributed by atoms with Gasteiger partial charge in [0.1, 0.15) is 0 Å². The minimum Gasteiger partial charge on any atom is -0.375 e. The van der Waals surface area contributed by atoms with Crippen LogP contribution < -0.4 is 11.2 Å². The van der Waals surface area contributed by atoms with Crippen LogP contribution in [0.25, 0.3) is 0 Å². The highest BCUT2D eigenvalue weighted by molar-refractivity contribution is 9.10. The highest BCUT2D eigenvalue weighted by Gasteiger charge is 1.97. The van der Waals surface area contributed by atoms with Crippen molar-refractivity contribution in [3.63, 3.8) is 0 Å². The standard InChI is InChI=1S/C8H7BrClN3S/c9-6-2-1-5(7(10)3-6)4-12-13-8(11)14/h1-4H,(H3,11,13,14)/b12-4+. The number of benzene rings is 1. The molecule has 1 aromatic carbocycles. The van der Waals surface area contributed by atoms with Crippen LogP contribution in [0.4, 0.5) is 0 Å². The molecule has 14 heavy (non-hydrogen) atoms. The number of hydrogen-bond acceptors (Lipinski definition) is 2. The third kappa shape index (κ3) is 3.61. The summed E-state index contributed by atoms with van der Waals surface area (Å²) in [7, 11) is 0. The molecule has 74 valence electrons. The second-order valence-electron chi connectivity index (χ2n) is 2.40. The zero-order valence-corrected chi connectivity index (χ0v) is 10.2. The molecule has 0 atom stereocenters. The molecule has 1 rings (SSSR count). The van der Waals surface area contributed by atoms with E-state index in [2.05, 4.69) is 38.7 Å². The summed E-state index contributed by atoms with van der Waals surface area (Å²) in [5.74, 6) is 0. The lowest BCUT2D eigenvalue weighted by Gasteiger charge is -1.98. The van der Waals surface area contributed by atoms with Crippen LogP contribution in [0.5, 0.6) is 0 Å². The van der Waals surface area contributed by atoms with Crippen molar-refractivity contribution in [2.45, 2.75) is 0 Å². The maximum atomic E-state index is 5.93. The summed E-state index contributed by atoms with van der Waals surface area (Å²) in [6, 6.07) is 5.48. The number of rotatable bonds is 2. The van der Waals surface area contributed by atoms with Crippen LogP contribution in [-0.4, -0.2) is 11.3 Å². The van der Waals surface area contributed by atoms with E-state index < -0.39 is 0 Å². The van der Waals surface area contributed by atoms with E-state index in [4.69, 9.17) is 17.3 Å². The summed E-state index contributed by atoms with van der Waals surface area (Å²) in [5, 5.41) is 4.52. The average molecular weight is 293 g/mol. The Kier molecular flexibility index (Phi) is 4.31. The van der Waals surface area contributed by atoms with Gasteiger partial charge in [0.05, 0.1) is 11.2 Å². The van der Waals surface area contributed by atoms with Crippen molar-refractivity contribution >= 4 is 51.1 Å². The zero-order chi connectivity index (χ0) is 10.6. The largest absolute Gasteiger partial charge is 0.375 e. The van der Waals surface area contributed by atoms with E-state index in [-0.39, 0.29) is 5.11 Å². The van der Waals surface area contributed by atoms with Crippen LogP contribution in [0.3, 0.4) is 0 Å². The maximum absolute atomic E-state index is 5.93. The molecule has 0 aliphatic rings. The SMILES string of the molecule is NC(=S)N/N=C/c1ccc(Br)cc1Cl. The van der Waals surface area contributed by atoms with E-state index >= 15 is 0 Å². The van der Waals surface area contributed by atoms with E-state index in [0.29, 0.717) is 5.02 Å². The van der Waals surface area contributed by atoms with Crippen molar-refractivity contribution in [2.75, 3.05) is 0 Å². The third-order valence-corrected chi connectivity index (χ3v) is 2.25. The Morgan fingerprint density at radius 3 is 2.93 bits per heavy atom. The zero-order valence-electron chi connectivity index (χ0n) is 7.00. The van der Waals surface area contributed by atoms with Gasteiger partial charge in [-0.1, -0.05) is 33.6 Å². The molecule has 0 saturated carbocycles. The Morgan fingerprint density at radius 2 is 2.36 bits per heavy atom. The second kappa shape index (κ2) is 5.29. The van der Waals surface area contributed by atoms with E-state index in [1.165, 1.54) is 0 Å². The van der Waals surface area contributed by atoms with Crippen LogP contribution in [0.15, 0.2) is 27.8 Å². The smallest absolute Gasteiger partial charge is 0.184 e. The van der Waals surface area contributed by atoms with Gasteiger partial charge in [-0.15, -0.1) is 0 Å². The normalized spacial score (nSPS) is 10.4. The molecule has 0 spiro atoms. The summed E-state index contributed by atoms with van der Waals surface area (Å²) in [4.78, 5) is 0. The van der Waals surface area contributed by atoms with Gasteiger partial charge >= 0.3 is 0 Å². The van der Waals surface area contributed by atoms with Gasteiger partial charge in [-0.2, -0.15) is 5.10 Å². The number of nitrogens with two attached hydrogens (primary N) is 1. The predicted molar refractivity (Wildman–Crippen MR) is 66.7 cm³/mol. The molecule has 0 aliphatic heterocycles. The van der Waals surface area contributed by atoms with E-state index in [1.807, 2.05) is 12.1 Å². The number of thiocarbonyl (C=S) groups is 1. The average Bonchev–Trinajstić information content (AvgIpc) is 2.08. The number of halogens is 2. The first-order chi connectivity index (χ1) is 6.59. The molecule has 1 aromatic rings.